The van der Waals surface area contributed by atoms with E-state index in [-0.39, 0.29) is 23.7 Å². The monoisotopic (exact) mass is 290 g/mol. The molecule has 4 nitrogen and oxygen atoms in total. The molecule has 0 fully saturated rings. The highest BCUT2D eigenvalue weighted by Crippen LogP contribution is 2.16. The number of para-hydroxylation sites is 1. The van der Waals surface area contributed by atoms with E-state index in [2.05, 4.69) is 4.99 Å². The number of rotatable bonds is 2. The van der Waals surface area contributed by atoms with E-state index >= 15 is 0 Å². The number of amides is 1. The van der Waals surface area contributed by atoms with Crippen LogP contribution in [0.5, 0.6) is 0 Å². The van der Waals surface area contributed by atoms with E-state index in [9.17, 15) is 9.59 Å². The second-order valence-corrected chi connectivity index (χ2v) is 6.24. The van der Waals surface area contributed by atoms with Crippen molar-refractivity contribution in [2.75, 3.05) is 0 Å². The highest BCUT2D eigenvalue weighted by molar-refractivity contribution is 7.06. The van der Waals surface area contributed by atoms with E-state index in [1.54, 1.807) is 3.96 Å². The molecule has 0 spiro atoms. The van der Waals surface area contributed by atoms with Crippen molar-refractivity contribution in [3.05, 3.63) is 28.9 Å². The summed E-state index contributed by atoms with van der Waals surface area (Å²) in [4.78, 5) is 28.2. The second-order valence-electron chi connectivity index (χ2n) is 5.31. The number of hydrogen-bond acceptors (Lipinski definition) is 3. The number of benzene rings is 1. The van der Waals surface area contributed by atoms with Crippen molar-refractivity contribution in [2.24, 2.45) is 16.8 Å². The Morgan fingerprint density at radius 2 is 1.75 bits per heavy atom. The van der Waals surface area contributed by atoms with Crippen LogP contribution in [0.2, 0.25) is 0 Å². The van der Waals surface area contributed by atoms with Crippen molar-refractivity contribution in [2.45, 2.75) is 27.7 Å². The number of carbonyl (C=O) groups excluding carboxylic acids is 2. The summed E-state index contributed by atoms with van der Waals surface area (Å²) in [5, 5.41) is 0.848. The molecule has 20 heavy (non-hydrogen) atoms. The number of fused-ring (bicyclic) bond motifs is 1. The van der Waals surface area contributed by atoms with Gasteiger partial charge in [0.1, 0.15) is 4.67 Å². The maximum Gasteiger partial charge on any atom is 0.249 e. The van der Waals surface area contributed by atoms with Gasteiger partial charge in [0.2, 0.25) is 11.8 Å². The summed E-state index contributed by atoms with van der Waals surface area (Å²) in [6.45, 7) is 7.35. The third-order valence-electron chi connectivity index (χ3n) is 2.93. The van der Waals surface area contributed by atoms with Gasteiger partial charge in [-0.15, -0.1) is 0 Å². The van der Waals surface area contributed by atoms with Crippen LogP contribution >= 0.6 is 11.5 Å². The number of carbonyl (C=O) groups is 2. The number of nitrogens with zero attached hydrogens (tertiary/aromatic N) is 2. The Bertz CT molecular complexity index is 723. The lowest BCUT2D eigenvalue weighted by atomic mass is 10.2. The Kier molecular flexibility index (Phi) is 4.18. The summed E-state index contributed by atoms with van der Waals surface area (Å²) in [7, 11) is 0. The first-order valence-electron chi connectivity index (χ1n) is 6.65. The molecule has 0 aliphatic carbocycles. The Morgan fingerprint density at radius 1 is 1.10 bits per heavy atom. The van der Waals surface area contributed by atoms with Crippen LogP contribution in [-0.2, 0) is 4.79 Å². The van der Waals surface area contributed by atoms with E-state index in [1.807, 2.05) is 52.0 Å². The van der Waals surface area contributed by atoms with Gasteiger partial charge in [-0.3, -0.25) is 9.59 Å². The van der Waals surface area contributed by atoms with Crippen molar-refractivity contribution < 1.29 is 9.59 Å². The Hall–Kier alpha value is -1.75. The minimum Gasteiger partial charge on any atom is -0.273 e. The third-order valence-corrected chi connectivity index (χ3v) is 3.97. The van der Waals surface area contributed by atoms with Gasteiger partial charge in [-0.05, 0) is 23.7 Å². The first-order chi connectivity index (χ1) is 9.41. The molecule has 2 rings (SSSR count). The third kappa shape index (κ3) is 2.72. The van der Waals surface area contributed by atoms with E-state index in [0.717, 1.165) is 10.9 Å². The molecule has 0 aliphatic heterocycles. The zero-order valence-electron chi connectivity index (χ0n) is 12.1. The largest absolute Gasteiger partial charge is 0.273 e. The van der Waals surface area contributed by atoms with Crippen LogP contribution < -0.4 is 4.67 Å². The molecule has 0 atom stereocenters. The molecule has 0 N–H and O–H groups in total. The number of aromatic nitrogens is 1. The van der Waals surface area contributed by atoms with Gasteiger partial charge >= 0.3 is 0 Å². The summed E-state index contributed by atoms with van der Waals surface area (Å²) in [5.74, 6) is -0.397. The Balaban J connectivity index is 2.69. The summed E-state index contributed by atoms with van der Waals surface area (Å²) in [6.07, 6.45) is 0. The molecule has 0 bridgehead atoms. The van der Waals surface area contributed by atoms with Gasteiger partial charge in [0.25, 0.3) is 0 Å². The van der Waals surface area contributed by atoms with Crippen molar-refractivity contribution in [3.8, 4) is 0 Å². The molecule has 1 aromatic carbocycles. The Labute approximate surface area is 121 Å². The van der Waals surface area contributed by atoms with Crippen LogP contribution in [0.3, 0.4) is 0 Å². The molecule has 1 aromatic heterocycles. The fourth-order valence-corrected chi connectivity index (χ4v) is 2.86. The van der Waals surface area contributed by atoms with E-state index in [0.29, 0.717) is 4.67 Å². The molecule has 1 amide bonds. The van der Waals surface area contributed by atoms with E-state index in [1.165, 1.54) is 11.5 Å². The zero-order chi connectivity index (χ0) is 14.9. The summed E-state index contributed by atoms with van der Waals surface area (Å²) in [6, 6.07) is 7.54. The predicted octanol–water partition coefficient (Wildman–Crippen LogP) is 3.08. The van der Waals surface area contributed by atoms with Crippen molar-refractivity contribution in [1.82, 2.24) is 3.96 Å². The lowest BCUT2D eigenvalue weighted by molar-refractivity contribution is -0.120. The van der Waals surface area contributed by atoms with Gasteiger partial charge in [0, 0.05) is 17.2 Å². The highest BCUT2D eigenvalue weighted by atomic mass is 32.1. The number of hydrogen-bond donors (Lipinski definition) is 0. The van der Waals surface area contributed by atoms with Gasteiger partial charge in [0.05, 0.1) is 5.52 Å². The fourth-order valence-electron chi connectivity index (χ4n) is 1.72. The maximum atomic E-state index is 12.2. The summed E-state index contributed by atoms with van der Waals surface area (Å²) < 4.78 is 2.24. The van der Waals surface area contributed by atoms with Crippen LogP contribution in [0.25, 0.3) is 10.9 Å². The maximum absolute atomic E-state index is 12.2. The van der Waals surface area contributed by atoms with Gasteiger partial charge in [0.15, 0.2) is 0 Å². The minimum atomic E-state index is -0.166. The minimum absolute atomic E-state index is 0.0182. The molecule has 0 saturated heterocycles. The molecule has 106 valence electrons. The molecule has 0 radical (unpaired) electrons. The smallest absolute Gasteiger partial charge is 0.249 e. The highest BCUT2D eigenvalue weighted by Gasteiger charge is 2.16. The lowest BCUT2D eigenvalue weighted by Gasteiger charge is -2.04. The molecular weight excluding hydrogens is 272 g/mol. The molecule has 2 aromatic rings. The fraction of sp³-hybridized carbons (Fsp3) is 0.400. The summed E-state index contributed by atoms with van der Waals surface area (Å²) in [5.41, 5.74) is 0.812. The normalized spacial score (nSPS) is 12.6. The molecule has 1 heterocycles. The van der Waals surface area contributed by atoms with Gasteiger partial charge in [-0.1, -0.05) is 39.8 Å². The van der Waals surface area contributed by atoms with Gasteiger partial charge in [-0.25, -0.2) is 8.95 Å². The van der Waals surface area contributed by atoms with Crippen molar-refractivity contribution >= 4 is 34.2 Å². The molecule has 5 heteroatoms. The van der Waals surface area contributed by atoms with Crippen molar-refractivity contribution in [1.29, 1.82) is 0 Å². The zero-order valence-corrected chi connectivity index (χ0v) is 12.9. The first-order valence-corrected chi connectivity index (χ1v) is 7.43. The Morgan fingerprint density at radius 3 is 2.35 bits per heavy atom. The van der Waals surface area contributed by atoms with E-state index < -0.39 is 0 Å². The van der Waals surface area contributed by atoms with Crippen LogP contribution in [-0.4, -0.2) is 15.8 Å². The first kappa shape index (κ1) is 14.7. The second kappa shape index (κ2) is 5.71. The quantitative estimate of drug-likeness (QED) is 0.853. The van der Waals surface area contributed by atoms with Crippen LogP contribution in [0, 0.1) is 11.8 Å². The van der Waals surface area contributed by atoms with Crippen LogP contribution in [0.15, 0.2) is 29.3 Å². The molecule has 0 unspecified atom stereocenters. The topological polar surface area (TPSA) is 51.4 Å². The summed E-state index contributed by atoms with van der Waals surface area (Å²) >= 11 is 1.23. The van der Waals surface area contributed by atoms with Crippen LogP contribution in [0.1, 0.15) is 32.5 Å². The predicted molar refractivity (Wildman–Crippen MR) is 80.7 cm³/mol. The average Bonchev–Trinajstić information content (AvgIpc) is 2.77. The standard InChI is InChI=1S/C15H18N2O2S/c1-9(2)13(18)16-14-11-7-5-6-8-12(11)17(20-14)15(19)10(3)4/h5-10H,1-4H3. The van der Waals surface area contributed by atoms with Gasteiger partial charge in [-0.2, -0.15) is 0 Å². The SMILES string of the molecule is CC(C)C(=O)N=c1sn(C(=O)C(C)C)c2ccccc12. The molecule has 0 saturated carbocycles. The molecular formula is C15H18N2O2S. The van der Waals surface area contributed by atoms with Crippen molar-refractivity contribution in [3.63, 3.8) is 0 Å². The molecule has 0 aliphatic rings. The van der Waals surface area contributed by atoms with Gasteiger partial charge < -0.3 is 0 Å². The van der Waals surface area contributed by atoms with E-state index in [4.69, 9.17) is 0 Å². The van der Waals surface area contributed by atoms with Crippen LogP contribution in [0.4, 0.5) is 0 Å². The average molecular weight is 290 g/mol. The lowest BCUT2D eigenvalue weighted by Crippen LogP contribution is -2.14.